The third-order valence-electron chi connectivity index (χ3n) is 2.62. The molecule has 1 aromatic carbocycles. The summed E-state index contributed by atoms with van der Waals surface area (Å²) in [6.45, 7) is 2.97. The van der Waals surface area contributed by atoms with Crippen LogP contribution in [0, 0.1) is 12.7 Å². The molecule has 6 heteroatoms. The van der Waals surface area contributed by atoms with Crippen molar-refractivity contribution in [3.8, 4) is 0 Å². The minimum atomic E-state index is -0.626. The van der Waals surface area contributed by atoms with Crippen molar-refractivity contribution in [3.63, 3.8) is 0 Å². The average Bonchev–Trinajstić information content (AvgIpc) is 2.77. The molecule has 0 bridgehead atoms. The first-order valence-corrected chi connectivity index (χ1v) is 6.58. The molecular weight excluding hydrogens is 265 g/mol. The molecule has 0 radical (unpaired) electrons. The summed E-state index contributed by atoms with van der Waals surface area (Å²) in [6.07, 6.45) is 1.81. The van der Waals surface area contributed by atoms with Crippen LogP contribution in [0.3, 0.4) is 0 Å². The van der Waals surface area contributed by atoms with Gasteiger partial charge >= 0.3 is 0 Å². The fourth-order valence-corrected chi connectivity index (χ4v) is 2.42. The Kier molecular flexibility index (Phi) is 4.24. The van der Waals surface area contributed by atoms with Crippen LogP contribution in [0.4, 0.5) is 4.39 Å². The Balaban J connectivity index is 1.94. The van der Waals surface area contributed by atoms with E-state index in [1.165, 1.54) is 6.07 Å². The number of nitrogens with one attached hydrogen (secondary N) is 1. The van der Waals surface area contributed by atoms with E-state index in [1.807, 2.05) is 6.92 Å². The second kappa shape index (κ2) is 5.90. The number of amides is 1. The topological polar surface area (TPSA) is 68.0 Å². The first kappa shape index (κ1) is 13.6. The van der Waals surface area contributed by atoms with E-state index in [0.29, 0.717) is 18.7 Å². The molecule has 4 nitrogen and oxygen atoms in total. The quantitative estimate of drug-likeness (QED) is 0.879. The molecule has 2 aromatic rings. The monoisotopic (exact) mass is 279 g/mol. The lowest BCUT2D eigenvalue weighted by Gasteiger charge is -2.05. The number of nitrogens with zero attached hydrogens (tertiary/aromatic N) is 1. The number of hydrogen-bond donors (Lipinski definition) is 2. The molecule has 1 heterocycles. The number of rotatable bonds is 5. The van der Waals surface area contributed by atoms with E-state index in [0.717, 1.165) is 16.0 Å². The van der Waals surface area contributed by atoms with Gasteiger partial charge in [-0.2, -0.15) is 0 Å². The predicted molar refractivity (Wildman–Crippen MR) is 72.3 cm³/mol. The van der Waals surface area contributed by atoms with E-state index in [4.69, 9.17) is 5.73 Å². The van der Waals surface area contributed by atoms with Gasteiger partial charge in [0, 0.05) is 35.3 Å². The van der Waals surface area contributed by atoms with Crippen LogP contribution in [-0.4, -0.2) is 10.9 Å². The van der Waals surface area contributed by atoms with Gasteiger partial charge < -0.3 is 11.1 Å². The summed E-state index contributed by atoms with van der Waals surface area (Å²) in [5, 5.41) is 4.14. The van der Waals surface area contributed by atoms with E-state index in [-0.39, 0.29) is 5.56 Å². The number of thiazole rings is 1. The van der Waals surface area contributed by atoms with Gasteiger partial charge in [-0.3, -0.25) is 4.79 Å². The molecule has 0 aliphatic carbocycles. The van der Waals surface area contributed by atoms with Crippen molar-refractivity contribution >= 4 is 17.2 Å². The van der Waals surface area contributed by atoms with Crippen molar-refractivity contribution in [2.75, 3.05) is 0 Å². The Morgan fingerprint density at radius 2 is 2.26 bits per heavy atom. The summed E-state index contributed by atoms with van der Waals surface area (Å²) in [5.74, 6) is -1.05. The second-order valence-corrected chi connectivity index (χ2v) is 5.44. The zero-order valence-electron chi connectivity index (χ0n) is 10.4. The summed E-state index contributed by atoms with van der Waals surface area (Å²) in [6, 6.07) is 4.26. The van der Waals surface area contributed by atoms with Crippen LogP contribution in [0.1, 0.15) is 25.8 Å². The molecule has 0 spiro atoms. The lowest BCUT2D eigenvalue weighted by molar-refractivity contribution is 0.1000. The standard InChI is InChI=1S/C13H14FN3OS/c1-8-17-7-11(19-8)6-16-5-10-3-2-9(13(15)18)4-12(10)14/h2-4,7,16H,5-6H2,1H3,(H2,15,18). The van der Waals surface area contributed by atoms with Crippen LogP contribution in [0.15, 0.2) is 24.4 Å². The normalized spacial score (nSPS) is 10.6. The average molecular weight is 279 g/mol. The Morgan fingerprint density at radius 3 is 2.84 bits per heavy atom. The summed E-state index contributed by atoms with van der Waals surface area (Å²) in [7, 11) is 0. The van der Waals surface area contributed by atoms with E-state index in [1.54, 1.807) is 23.6 Å². The molecule has 100 valence electrons. The first-order chi connectivity index (χ1) is 9.06. The number of halogens is 1. The maximum atomic E-state index is 13.7. The van der Waals surface area contributed by atoms with Crippen molar-refractivity contribution in [2.24, 2.45) is 5.73 Å². The fraction of sp³-hybridized carbons (Fsp3) is 0.231. The largest absolute Gasteiger partial charge is 0.366 e. The van der Waals surface area contributed by atoms with Crippen molar-refractivity contribution in [1.82, 2.24) is 10.3 Å². The minimum Gasteiger partial charge on any atom is -0.366 e. The highest BCUT2D eigenvalue weighted by Gasteiger charge is 2.07. The summed E-state index contributed by atoms with van der Waals surface area (Å²) >= 11 is 1.60. The Morgan fingerprint density at radius 1 is 1.47 bits per heavy atom. The SMILES string of the molecule is Cc1ncc(CNCc2ccc(C(N)=O)cc2F)s1. The molecular formula is C13H14FN3OS. The van der Waals surface area contributed by atoms with Gasteiger partial charge in [0.25, 0.3) is 0 Å². The van der Waals surface area contributed by atoms with Gasteiger partial charge in [0.1, 0.15) is 5.82 Å². The Labute approximate surface area is 114 Å². The summed E-state index contributed by atoms with van der Waals surface area (Å²) in [5.41, 5.74) is 5.77. The van der Waals surface area contributed by atoms with Gasteiger partial charge in [-0.15, -0.1) is 11.3 Å². The van der Waals surface area contributed by atoms with Crippen molar-refractivity contribution in [2.45, 2.75) is 20.0 Å². The number of hydrogen-bond acceptors (Lipinski definition) is 4. The lowest BCUT2D eigenvalue weighted by atomic mass is 10.1. The van der Waals surface area contributed by atoms with Gasteiger partial charge in [0.2, 0.25) is 5.91 Å². The van der Waals surface area contributed by atoms with Crippen molar-refractivity contribution < 1.29 is 9.18 Å². The maximum Gasteiger partial charge on any atom is 0.248 e. The smallest absolute Gasteiger partial charge is 0.248 e. The second-order valence-electron chi connectivity index (χ2n) is 4.12. The van der Waals surface area contributed by atoms with Crippen LogP contribution >= 0.6 is 11.3 Å². The molecule has 0 fully saturated rings. The highest BCUT2D eigenvalue weighted by Crippen LogP contribution is 2.13. The molecule has 2 rings (SSSR count). The van der Waals surface area contributed by atoms with E-state index in [2.05, 4.69) is 10.3 Å². The summed E-state index contributed by atoms with van der Waals surface area (Å²) < 4.78 is 13.7. The lowest BCUT2D eigenvalue weighted by Crippen LogP contribution is -2.15. The van der Waals surface area contributed by atoms with Gasteiger partial charge in [0.05, 0.1) is 5.01 Å². The molecule has 0 saturated heterocycles. The molecule has 1 amide bonds. The van der Waals surface area contributed by atoms with Crippen LogP contribution in [0.2, 0.25) is 0 Å². The number of carbonyl (C=O) groups excluding carboxylic acids is 1. The fourth-order valence-electron chi connectivity index (χ4n) is 1.65. The van der Waals surface area contributed by atoms with Gasteiger partial charge in [0.15, 0.2) is 0 Å². The molecule has 0 unspecified atom stereocenters. The Hall–Kier alpha value is -1.79. The first-order valence-electron chi connectivity index (χ1n) is 5.76. The predicted octanol–water partition coefficient (Wildman–Crippen LogP) is 1.98. The zero-order valence-corrected chi connectivity index (χ0v) is 11.3. The number of aromatic nitrogens is 1. The number of benzene rings is 1. The third-order valence-corrected chi connectivity index (χ3v) is 3.53. The molecule has 19 heavy (non-hydrogen) atoms. The highest BCUT2D eigenvalue weighted by atomic mass is 32.1. The number of carbonyl (C=O) groups is 1. The Bertz CT molecular complexity index is 597. The molecule has 0 atom stereocenters. The molecule has 3 N–H and O–H groups in total. The molecule has 0 saturated carbocycles. The van der Waals surface area contributed by atoms with Gasteiger partial charge in [-0.25, -0.2) is 9.37 Å². The molecule has 0 aliphatic rings. The molecule has 0 aliphatic heterocycles. The minimum absolute atomic E-state index is 0.180. The maximum absolute atomic E-state index is 13.7. The van der Waals surface area contributed by atoms with Gasteiger partial charge in [-0.1, -0.05) is 6.07 Å². The molecule has 1 aromatic heterocycles. The number of aryl methyl sites for hydroxylation is 1. The zero-order chi connectivity index (χ0) is 13.8. The van der Waals surface area contributed by atoms with Crippen molar-refractivity contribution in [3.05, 3.63) is 51.2 Å². The van der Waals surface area contributed by atoms with Crippen LogP contribution in [0.5, 0.6) is 0 Å². The van der Waals surface area contributed by atoms with Gasteiger partial charge in [-0.05, 0) is 19.1 Å². The third kappa shape index (κ3) is 3.59. The summed E-state index contributed by atoms with van der Waals surface area (Å²) in [4.78, 5) is 16.1. The van der Waals surface area contributed by atoms with Crippen LogP contribution in [-0.2, 0) is 13.1 Å². The number of primary amides is 1. The van der Waals surface area contributed by atoms with E-state index < -0.39 is 11.7 Å². The van der Waals surface area contributed by atoms with Crippen molar-refractivity contribution in [1.29, 1.82) is 0 Å². The van der Waals surface area contributed by atoms with Crippen LogP contribution < -0.4 is 11.1 Å². The number of nitrogens with two attached hydrogens (primary N) is 1. The van der Waals surface area contributed by atoms with E-state index in [9.17, 15) is 9.18 Å². The highest BCUT2D eigenvalue weighted by molar-refractivity contribution is 7.11. The van der Waals surface area contributed by atoms with E-state index >= 15 is 0 Å². The van der Waals surface area contributed by atoms with Crippen LogP contribution in [0.25, 0.3) is 0 Å².